The van der Waals surface area contributed by atoms with Crippen LogP contribution in [-0.2, 0) is 61.6 Å². The normalized spacial score (nSPS) is 53.4. The van der Waals surface area contributed by atoms with Crippen molar-refractivity contribution < 1.29 is 169 Å². The molecular weight excluding hydrogens is 1020 g/mol. The second-order valence-electron chi connectivity index (χ2n) is 18.6. The van der Waals surface area contributed by atoms with Crippen molar-refractivity contribution in [2.75, 3.05) is 46.2 Å². The van der Waals surface area contributed by atoms with Gasteiger partial charge in [-0.1, -0.05) is 0 Å². The minimum absolute atomic E-state index is 0.733. The average Bonchev–Trinajstić information content (AvgIpc) is 3.83. The molecule has 33 atom stereocenters. The molecule has 0 bridgehead atoms. The maximum Gasteiger partial charge on any atom is 0.187 e. The van der Waals surface area contributed by atoms with E-state index in [0.717, 1.165) is 0 Å². The zero-order valence-corrected chi connectivity index (χ0v) is 38.7. The third-order valence-corrected chi connectivity index (χ3v) is 13.8. The second-order valence-corrected chi connectivity index (χ2v) is 18.6. The summed E-state index contributed by atoms with van der Waals surface area (Å²) >= 11 is 0. The summed E-state index contributed by atoms with van der Waals surface area (Å²) in [6.07, 6.45) is -61.3. The van der Waals surface area contributed by atoms with E-state index in [1.807, 2.05) is 0 Å². The van der Waals surface area contributed by atoms with Crippen LogP contribution in [0.25, 0.3) is 0 Å². The quantitative estimate of drug-likeness (QED) is 0.0571. The van der Waals surface area contributed by atoms with Crippen molar-refractivity contribution >= 4 is 0 Å². The van der Waals surface area contributed by atoms with Crippen LogP contribution in [0.3, 0.4) is 0 Å². The third-order valence-electron chi connectivity index (χ3n) is 13.8. The van der Waals surface area contributed by atoms with Gasteiger partial charge in [0, 0.05) is 0 Å². The van der Waals surface area contributed by atoms with Crippen LogP contribution in [-0.4, -0.2) is 356 Å². The van der Waals surface area contributed by atoms with Crippen LogP contribution in [0.1, 0.15) is 0 Å². The predicted octanol–water partition coefficient (Wildman–Crippen LogP) is -15.0. The first-order chi connectivity index (χ1) is 35.1. The highest BCUT2D eigenvalue weighted by Gasteiger charge is 2.58. The Morgan fingerprint density at radius 2 is 0.459 bits per heavy atom. The zero-order valence-electron chi connectivity index (χ0n) is 38.7. The molecule has 74 heavy (non-hydrogen) atoms. The van der Waals surface area contributed by atoms with Crippen LogP contribution in [0.2, 0.25) is 0 Å². The van der Waals surface area contributed by atoms with E-state index in [1.54, 1.807) is 0 Å². The molecular formula is C40H68O34. The van der Waals surface area contributed by atoms with Crippen molar-refractivity contribution in [1.29, 1.82) is 0 Å². The fourth-order valence-corrected chi connectivity index (χ4v) is 9.50. The molecule has 7 heterocycles. The number of aliphatic hydroxyl groups is 21. The fourth-order valence-electron chi connectivity index (χ4n) is 9.50. The SMILES string of the molecule is OC[C@H]1O[C@@H](OC[C@H]2O[C@H](O[C@H]3[C@H](O)[C@@H](O)[C@@H](O[C@H]4[C@H](O)[C@@H](O)[C@@H](O[C@H]5[C@H](O)[C@@H](O)[C@@H](O[C@H]6[C@H](O)[C@@H](O)[C@@H](O)O[C@@H]6CO)O[C@@H]5CO)O[C@@H]4CO)O[C@@H]3CO)[C@H](O)[C@@H](O)[C@@H]2O[C@@H]2O[C@H](CO)[C@@H](O)[C@H]2O)[C@H](O)[C@@H]1O. The molecule has 7 rings (SSSR count). The van der Waals surface area contributed by atoms with E-state index in [9.17, 15) is 107 Å². The molecule has 0 radical (unpaired) electrons. The molecule has 21 N–H and O–H groups in total. The van der Waals surface area contributed by atoms with E-state index < -0.39 is 249 Å². The molecule has 0 aromatic rings. The largest absolute Gasteiger partial charge is 0.394 e. The highest BCUT2D eigenvalue weighted by molar-refractivity contribution is 5.00. The summed E-state index contributed by atoms with van der Waals surface area (Å²) in [5.74, 6) is 0. The summed E-state index contributed by atoms with van der Waals surface area (Å²) < 4.78 is 72.3. The van der Waals surface area contributed by atoms with Crippen molar-refractivity contribution in [2.24, 2.45) is 0 Å². The van der Waals surface area contributed by atoms with Crippen LogP contribution in [0.4, 0.5) is 0 Å². The zero-order chi connectivity index (χ0) is 54.2. The van der Waals surface area contributed by atoms with Gasteiger partial charge in [0.25, 0.3) is 0 Å². The first-order valence-electron chi connectivity index (χ1n) is 23.5. The lowest BCUT2D eigenvalue weighted by molar-refractivity contribution is -0.394. The maximum atomic E-state index is 11.4. The summed E-state index contributed by atoms with van der Waals surface area (Å²) in [4.78, 5) is 0. The summed E-state index contributed by atoms with van der Waals surface area (Å²) in [5, 5.41) is 221. The van der Waals surface area contributed by atoms with Crippen molar-refractivity contribution in [1.82, 2.24) is 0 Å². The first kappa shape index (κ1) is 60.3. The van der Waals surface area contributed by atoms with E-state index in [-0.39, 0.29) is 0 Å². The lowest BCUT2D eigenvalue weighted by Gasteiger charge is -2.49. The minimum atomic E-state index is -2.22. The molecule has 0 saturated carbocycles. The van der Waals surface area contributed by atoms with Crippen LogP contribution >= 0.6 is 0 Å². The topological polar surface area (TPSA) is 545 Å². The molecule has 0 spiro atoms. The smallest absolute Gasteiger partial charge is 0.187 e. The van der Waals surface area contributed by atoms with Gasteiger partial charge in [0.05, 0.1) is 46.2 Å². The lowest BCUT2D eigenvalue weighted by Crippen LogP contribution is -2.68. The molecule has 0 amide bonds. The Bertz CT molecular complexity index is 1710. The van der Waals surface area contributed by atoms with Crippen molar-refractivity contribution in [3.63, 3.8) is 0 Å². The summed E-state index contributed by atoms with van der Waals surface area (Å²) in [5.41, 5.74) is 0. The maximum absolute atomic E-state index is 11.4. The number of hydrogen-bond donors (Lipinski definition) is 21. The number of hydrogen-bond acceptors (Lipinski definition) is 34. The Balaban J connectivity index is 0.993. The van der Waals surface area contributed by atoms with Gasteiger partial charge in [-0.15, -0.1) is 0 Å². The van der Waals surface area contributed by atoms with Gasteiger partial charge in [-0.2, -0.15) is 0 Å². The number of ether oxygens (including phenoxy) is 13. The Hall–Kier alpha value is -1.36. The fraction of sp³-hybridized carbons (Fsp3) is 1.00. The molecule has 432 valence electrons. The Morgan fingerprint density at radius 1 is 0.230 bits per heavy atom. The number of aliphatic hydroxyl groups excluding tert-OH is 21. The second kappa shape index (κ2) is 25.8. The minimum Gasteiger partial charge on any atom is -0.394 e. The van der Waals surface area contributed by atoms with E-state index >= 15 is 0 Å². The van der Waals surface area contributed by atoms with Gasteiger partial charge >= 0.3 is 0 Å². The highest BCUT2D eigenvalue weighted by atomic mass is 16.8. The molecule has 7 aliphatic rings. The molecule has 0 aliphatic carbocycles. The van der Waals surface area contributed by atoms with Crippen molar-refractivity contribution in [2.45, 2.75) is 203 Å². The summed E-state index contributed by atoms with van der Waals surface area (Å²) in [6.45, 7) is -6.23. The van der Waals surface area contributed by atoms with Gasteiger partial charge in [0.1, 0.15) is 159 Å². The molecule has 0 unspecified atom stereocenters. The van der Waals surface area contributed by atoms with Gasteiger partial charge in [-0.3, -0.25) is 0 Å². The molecule has 0 aromatic heterocycles. The van der Waals surface area contributed by atoms with Crippen molar-refractivity contribution in [3.8, 4) is 0 Å². The van der Waals surface area contributed by atoms with Crippen LogP contribution in [0.15, 0.2) is 0 Å². The van der Waals surface area contributed by atoms with E-state index in [1.165, 1.54) is 0 Å². The molecule has 7 fully saturated rings. The van der Waals surface area contributed by atoms with Crippen LogP contribution < -0.4 is 0 Å². The Morgan fingerprint density at radius 3 is 0.770 bits per heavy atom. The standard InChI is InChI=1S/C40H68O34/c41-1-8-15(47)23(55)35(64-8)62-7-14-33(74-36-24(56)16(48)9(2-42)65-36)21(53)28(60)40(69-14)73-32-13(6-46)68-39(27(59)20(32)52)72-31-12(5-45)67-38(26(58)19(31)51)71-30-11(4-44)66-37(25(57)18(30)50)70-29-10(3-43)63-34(61)22(54)17(29)49/h8-61H,1-7H2/t8-,9-,10-,11-,12-,13-,14-,15-,16-,17-,18-,19-,20-,21-,22-,23-,24-,25-,26-,27-,28-,29-,30-,31-,32-,33-,34+,35-,36+,37-,38-,39-,40-/m1/s1. The lowest BCUT2D eigenvalue weighted by atomic mass is 9.95. The molecule has 34 heteroatoms. The van der Waals surface area contributed by atoms with Gasteiger partial charge in [0.2, 0.25) is 0 Å². The van der Waals surface area contributed by atoms with Gasteiger partial charge in [0.15, 0.2) is 44.0 Å². The monoisotopic (exact) mass is 1090 g/mol. The third kappa shape index (κ3) is 12.2. The van der Waals surface area contributed by atoms with E-state index in [0.29, 0.717) is 0 Å². The van der Waals surface area contributed by atoms with Crippen LogP contribution in [0, 0.1) is 0 Å². The van der Waals surface area contributed by atoms with Crippen molar-refractivity contribution in [3.05, 3.63) is 0 Å². The summed E-state index contributed by atoms with van der Waals surface area (Å²) in [6, 6.07) is 0. The average molecular weight is 1090 g/mol. The molecule has 7 saturated heterocycles. The molecule has 7 aliphatic heterocycles. The number of rotatable bonds is 19. The van der Waals surface area contributed by atoms with Gasteiger partial charge in [-0.05, 0) is 0 Å². The van der Waals surface area contributed by atoms with Gasteiger partial charge < -0.3 is 169 Å². The highest BCUT2D eigenvalue weighted by Crippen LogP contribution is 2.37. The Kier molecular flexibility index (Phi) is 21.0. The Labute approximate surface area is 417 Å². The van der Waals surface area contributed by atoms with Crippen LogP contribution in [0.5, 0.6) is 0 Å². The summed E-state index contributed by atoms with van der Waals surface area (Å²) in [7, 11) is 0. The van der Waals surface area contributed by atoms with Gasteiger partial charge in [-0.25, -0.2) is 0 Å². The molecule has 34 nitrogen and oxygen atoms in total. The van der Waals surface area contributed by atoms with E-state index in [2.05, 4.69) is 0 Å². The predicted molar refractivity (Wildman–Crippen MR) is 220 cm³/mol. The first-order valence-corrected chi connectivity index (χ1v) is 23.5. The van der Waals surface area contributed by atoms with E-state index in [4.69, 9.17) is 61.6 Å². The molecule has 0 aromatic carbocycles.